The van der Waals surface area contributed by atoms with Gasteiger partial charge in [0.15, 0.2) is 0 Å². The molecular formula is C11H19NO2. The van der Waals surface area contributed by atoms with E-state index >= 15 is 0 Å². The molecule has 3 heteroatoms. The maximum atomic E-state index is 11.7. The van der Waals surface area contributed by atoms with E-state index in [1.165, 1.54) is 0 Å². The number of hydrogen-bond donors (Lipinski definition) is 1. The maximum Gasteiger partial charge on any atom is 0.223 e. The maximum absolute atomic E-state index is 11.7. The summed E-state index contributed by atoms with van der Waals surface area (Å²) in [7, 11) is 0. The molecular weight excluding hydrogens is 178 g/mol. The summed E-state index contributed by atoms with van der Waals surface area (Å²) >= 11 is 0. The Morgan fingerprint density at radius 3 is 2.79 bits per heavy atom. The lowest BCUT2D eigenvalue weighted by molar-refractivity contribution is -0.131. The van der Waals surface area contributed by atoms with Crippen molar-refractivity contribution in [1.82, 2.24) is 4.90 Å². The summed E-state index contributed by atoms with van der Waals surface area (Å²) in [5.74, 6) is 0.776. The second kappa shape index (κ2) is 3.89. The molecule has 3 atom stereocenters. The highest BCUT2D eigenvalue weighted by Crippen LogP contribution is 2.30. The minimum atomic E-state index is -0.269. The van der Waals surface area contributed by atoms with Crippen molar-refractivity contribution in [2.45, 2.75) is 51.2 Å². The minimum Gasteiger partial charge on any atom is -0.391 e. The van der Waals surface area contributed by atoms with Crippen LogP contribution in [-0.4, -0.2) is 34.6 Å². The Bertz CT molecular complexity index is 229. The predicted molar refractivity (Wildman–Crippen MR) is 53.8 cm³/mol. The molecule has 1 unspecified atom stereocenters. The number of carbonyl (C=O) groups is 1. The van der Waals surface area contributed by atoms with Crippen LogP contribution < -0.4 is 0 Å². The Balaban J connectivity index is 2.00. The van der Waals surface area contributed by atoms with Gasteiger partial charge in [0.2, 0.25) is 5.91 Å². The fraction of sp³-hybridized carbons (Fsp3) is 0.909. The van der Waals surface area contributed by atoms with Gasteiger partial charge in [0.1, 0.15) is 0 Å². The molecule has 2 fully saturated rings. The molecule has 0 radical (unpaired) electrons. The van der Waals surface area contributed by atoms with Crippen molar-refractivity contribution in [2.24, 2.45) is 5.92 Å². The third kappa shape index (κ3) is 1.65. The van der Waals surface area contributed by atoms with Crippen LogP contribution in [0.25, 0.3) is 0 Å². The van der Waals surface area contributed by atoms with Crippen LogP contribution in [-0.2, 0) is 4.79 Å². The Morgan fingerprint density at radius 1 is 1.50 bits per heavy atom. The summed E-state index contributed by atoms with van der Waals surface area (Å²) < 4.78 is 0. The Kier molecular flexibility index (Phi) is 2.77. The highest BCUT2D eigenvalue weighted by molar-refractivity contribution is 5.79. The van der Waals surface area contributed by atoms with Crippen LogP contribution >= 0.6 is 0 Å². The molecule has 14 heavy (non-hydrogen) atoms. The highest BCUT2D eigenvalue weighted by atomic mass is 16.3. The van der Waals surface area contributed by atoms with Gasteiger partial charge >= 0.3 is 0 Å². The molecule has 0 aromatic rings. The predicted octanol–water partition coefficient (Wildman–Crippen LogP) is 1.16. The fourth-order valence-electron chi connectivity index (χ4n) is 2.69. The second-order valence-electron chi connectivity index (χ2n) is 4.59. The normalized spacial score (nSPS) is 38.3. The summed E-state index contributed by atoms with van der Waals surface area (Å²) in [5.41, 5.74) is 0. The number of aliphatic hydroxyl groups excluding tert-OH is 1. The molecule has 1 saturated heterocycles. The van der Waals surface area contributed by atoms with E-state index in [1.54, 1.807) is 0 Å². The average molecular weight is 197 g/mol. The second-order valence-corrected chi connectivity index (χ2v) is 4.59. The van der Waals surface area contributed by atoms with Crippen LogP contribution in [0, 0.1) is 5.92 Å². The molecule has 0 aromatic heterocycles. The number of amides is 1. The number of nitrogens with zero attached hydrogens (tertiary/aromatic N) is 1. The first-order valence-electron chi connectivity index (χ1n) is 5.70. The van der Waals surface area contributed by atoms with Crippen LogP contribution in [0.1, 0.15) is 39.0 Å². The molecule has 1 amide bonds. The molecule has 0 aromatic carbocycles. The van der Waals surface area contributed by atoms with E-state index in [0.29, 0.717) is 12.3 Å². The monoisotopic (exact) mass is 197 g/mol. The number of aliphatic hydroxyl groups is 1. The zero-order valence-electron chi connectivity index (χ0n) is 8.78. The SMILES string of the molecule is CCC1CC(=O)N([C@H]2CCC[C@@H]2O)C1. The molecule has 80 valence electrons. The van der Waals surface area contributed by atoms with E-state index in [-0.39, 0.29) is 18.1 Å². The van der Waals surface area contributed by atoms with E-state index in [1.807, 2.05) is 4.90 Å². The highest BCUT2D eigenvalue weighted by Gasteiger charge is 2.38. The van der Waals surface area contributed by atoms with Gasteiger partial charge in [0, 0.05) is 13.0 Å². The largest absolute Gasteiger partial charge is 0.391 e. The average Bonchev–Trinajstić information content (AvgIpc) is 2.72. The van der Waals surface area contributed by atoms with Gasteiger partial charge in [-0.1, -0.05) is 13.3 Å². The number of hydrogen-bond acceptors (Lipinski definition) is 2. The van der Waals surface area contributed by atoms with Gasteiger partial charge in [-0.25, -0.2) is 0 Å². The van der Waals surface area contributed by atoms with Crippen LogP contribution in [0.2, 0.25) is 0 Å². The zero-order valence-corrected chi connectivity index (χ0v) is 8.78. The molecule has 1 N–H and O–H groups in total. The van der Waals surface area contributed by atoms with Gasteiger partial charge < -0.3 is 10.0 Å². The first-order chi connectivity index (χ1) is 6.72. The Hall–Kier alpha value is -0.570. The van der Waals surface area contributed by atoms with Crippen LogP contribution in [0.3, 0.4) is 0 Å². The van der Waals surface area contributed by atoms with Gasteiger partial charge in [-0.15, -0.1) is 0 Å². The van der Waals surface area contributed by atoms with E-state index in [0.717, 1.165) is 32.2 Å². The quantitative estimate of drug-likeness (QED) is 0.721. The molecule has 3 nitrogen and oxygen atoms in total. The third-order valence-corrected chi connectivity index (χ3v) is 3.66. The van der Waals surface area contributed by atoms with Gasteiger partial charge in [0.25, 0.3) is 0 Å². The van der Waals surface area contributed by atoms with Crippen LogP contribution in [0.4, 0.5) is 0 Å². The molecule has 1 heterocycles. The molecule has 1 aliphatic heterocycles. The van der Waals surface area contributed by atoms with Crippen molar-refractivity contribution in [3.05, 3.63) is 0 Å². The number of carbonyl (C=O) groups excluding carboxylic acids is 1. The van der Waals surface area contributed by atoms with Crippen LogP contribution in [0.5, 0.6) is 0 Å². The molecule has 1 saturated carbocycles. The molecule has 2 aliphatic rings. The summed E-state index contributed by atoms with van der Waals surface area (Å²) in [6, 6.07) is 0.124. The smallest absolute Gasteiger partial charge is 0.223 e. The summed E-state index contributed by atoms with van der Waals surface area (Å²) in [4.78, 5) is 13.6. The van der Waals surface area contributed by atoms with E-state index in [9.17, 15) is 9.90 Å². The lowest BCUT2D eigenvalue weighted by Gasteiger charge is -2.27. The van der Waals surface area contributed by atoms with Gasteiger partial charge in [-0.2, -0.15) is 0 Å². The van der Waals surface area contributed by atoms with Crippen molar-refractivity contribution in [2.75, 3.05) is 6.54 Å². The van der Waals surface area contributed by atoms with Crippen molar-refractivity contribution in [3.8, 4) is 0 Å². The van der Waals surface area contributed by atoms with Crippen molar-refractivity contribution >= 4 is 5.91 Å². The van der Waals surface area contributed by atoms with Crippen molar-refractivity contribution in [3.63, 3.8) is 0 Å². The molecule has 1 aliphatic carbocycles. The first kappa shape index (κ1) is 9.97. The van der Waals surface area contributed by atoms with E-state index < -0.39 is 0 Å². The lowest BCUT2D eigenvalue weighted by Crippen LogP contribution is -2.41. The Morgan fingerprint density at radius 2 is 2.29 bits per heavy atom. The molecule has 0 bridgehead atoms. The summed E-state index contributed by atoms with van der Waals surface area (Å²) in [6.07, 6.45) is 4.42. The molecule has 2 rings (SSSR count). The van der Waals surface area contributed by atoms with E-state index in [2.05, 4.69) is 6.92 Å². The minimum absolute atomic E-state index is 0.124. The summed E-state index contributed by atoms with van der Waals surface area (Å²) in [5, 5.41) is 9.73. The topological polar surface area (TPSA) is 40.5 Å². The summed E-state index contributed by atoms with van der Waals surface area (Å²) in [6.45, 7) is 3.00. The van der Waals surface area contributed by atoms with Gasteiger partial charge in [0.05, 0.1) is 12.1 Å². The van der Waals surface area contributed by atoms with Crippen LogP contribution in [0.15, 0.2) is 0 Å². The fourth-order valence-corrected chi connectivity index (χ4v) is 2.69. The molecule has 0 spiro atoms. The number of rotatable bonds is 2. The van der Waals surface area contributed by atoms with Crippen molar-refractivity contribution < 1.29 is 9.90 Å². The zero-order chi connectivity index (χ0) is 10.1. The Labute approximate surface area is 85.1 Å². The standard InChI is InChI=1S/C11H19NO2/c1-2-8-6-11(14)12(7-8)9-4-3-5-10(9)13/h8-10,13H,2-7H2,1H3/t8?,9-,10-/m0/s1. The lowest BCUT2D eigenvalue weighted by atomic mass is 10.1. The van der Waals surface area contributed by atoms with Gasteiger partial charge in [-0.3, -0.25) is 4.79 Å². The number of likely N-dealkylation sites (tertiary alicyclic amines) is 1. The third-order valence-electron chi connectivity index (χ3n) is 3.66. The van der Waals surface area contributed by atoms with Crippen molar-refractivity contribution in [1.29, 1.82) is 0 Å². The van der Waals surface area contributed by atoms with Gasteiger partial charge in [-0.05, 0) is 25.2 Å². The van der Waals surface area contributed by atoms with E-state index in [4.69, 9.17) is 0 Å². The first-order valence-corrected chi connectivity index (χ1v) is 5.70.